The number of hydrogen-bond acceptors (Lipinski definition) is 2. The van der Waals surface area contributed by atoms with Crippen molar-refractivity contribution in [2.24, 2.45) is 0 Å². The number of halogens is 1. The third-order valence-corrected chi connectivity index (χ3v) is 2.45. The van der Waals surface area contributed by atoms with E-state index in [-0.39, 0.29) is 19.0 Å². The van der Waals surface area contributed by atoms with Gasteiger partial charge in [-0.25, -0.2) is 4.79 Å². The largest absolute Gasteiger partial charge is 0.481 e. The van der Waals surface area contributed by atoms with Crippen molar-refractivity contribution in [3.8, 4) is 0 Å². The topological polar surface area (TPSA) is 69.6 Å². The Morgan fingerprint density at radius 1 is 1.41 bits per heavy atom. The molecule has 0 aliphatic heterocycles. The van der Waals surface area contributed by atoms with Gasteiger partial charge in [0.1, 0.15) is 0 Å². The number of para-hydroxylation sites is 1. The molecular formula is C11H13ClN2O3. The first-order chi connectivity index (χ1) is 8.00. The van der Waals surface area contributed by atoms with Crippen molar-refractivity contribution >= 4 is 29.3 Å². The van der Waals surface area contributed by atoms with Crippen LogP contribution in [0, 0.1) is 0 Å². The molecule has 2 N–H and O–H groups in total. The van der Waals surface area contributed by atoms with Crippen LogP contribution in [0.4, 0.5) is 10.5 Å². The molecule has 0 heterocycles. The van der Waals surface area contributed by atoms with Crippen molar-refractivity contribution in [2.45, 2.75) is 6.42 Å². The maximum Gasteiger partial charge on any atom is 0.321 e. The van der Waals surface area contributed by atoms with Gasteiger partial charge in [0.25, 0.3) is 0 Å². The second kappa shape index (κ2) is 6.10. The van der Waals surface area contributed by atoms with Gasteiger partial charge in [0.2, 0.25) is 0 Å². The zero-order valence-corrected chi connectivity index (χ0v) is 10.1. The van der Waals surface area contributed by atoms with Crippen molar-refractivity contribution in [3.05, 3.63) is 29.3 Å². The number of carbonyl (C=O) groups is 2. The molecule has 0 saturated carbocycles. The van der Waals surface area contributed by atoms with Crippen molar-refractivity contribution < 1.29 is 14.7 Å². The molecule has 1 rings (SSSR count). The molecular weight excluding hydrogens is 244 g/mol. The van der Waals surface area contributed by atoms with Crippen LogP contribution in [0.25, 0.3) is 0 Å². The van der Waals surface area contributed by atoms with Crippen molar-refractivity contribution in [2.75, 3.05) is 18.9 Å². The van der Waals surface area contributed by atoms with Crippen LogP contribution < -0.4 is 5.32 Å². The van der Waals surface area contributed by atoms with Gasteiger partial charge in [-0.1, -0.05) is 23.7 Å². The minimum absolute atomic E-state index is 0.0908. The molecule has 0 aliphatic carbocycles. The highest BCUT2D eigenvalue weighted by Gasteiger charge is 2.11. The van der Waals surface area contributed by atoms with E-state index in [1.807, 2.05) is 0 Å². The first-order valence-electron chi connectivity index (χ1n) is 4.99. The fourth-order valence-corrected chi connectivity index (χ4v) is 1.32. The van der Waals surface area contributed by atoms with E-state index in [9.17, 15) is 9.59 Å². The zero-order chi connectivity index (χ0) is 12.8. The first-order valence-corrected chi connectivity index (χ1v) is 5.37. The SMILES string of the molecule is CN(CCC(=O)O)C(=O)Nc1ccccc1Cl. The lowest BCUT2D eigenvalue weighted by Crippen LogP contribution is -2.33. The van der Waals surface area contributed by atoms with E-state index in [4.69, 9.17) is 16.7 Å². The summed E-state index contributed by atoms with van der Waals surface area (Å²) in [6, 6.07) is 6.45. The molecule has 0 spiro atoms. The summed E-state index contributed by atoms with van der Waals surface area (Å²) in [5.41, 5.74) is 0.501. The average Bonchev–Trinajstić information content (AvgIpc) is 2.28. The number of carboxylic acids is 1. The monoisotopic (exact) mass is 256 g/mol. The van der Waals surface area contributed by atoms with Crippen LogP contribution >= 0.6 is 11.6 Å². The highest BCUT2D eigenvalue weighted by atomic mass is 35.5. The molecule has 2 amide bonds. The van der Waals surface area contributed by atoms with Crippen LogP contribution in [0.2, 0.25) is 5.02 Å². The summed E-state index contributed by atoms with van der Waals surface area (Å²) in [7, 11) is 1.52. The molecule has 0 aliphatic rings. The zero-order valence-electron chi connectivity index (χ0n) is 9.31. The van der Waals surface area contributed by atoms with Gasteiger partial charge in [0.05, 0.1) is 17.1 Å². The second-order valence-corrected chi connectivity index (χ2v) is 3.88. The Labute approximate surface area is 104 Å². The molecule has 6 heteroatoms. The predicted molar refractivity (Wildman–Crippen MR) is 65.4 cm³/mol. The first kappa shape index (κ1) is 13.3. The maximum absolute atomic E-state index is 11.6. The Hall–Kier alpha value is -1.75. The molecule has 17 heavy (non-hydrogen) atoms. The van der Waals surface area contributed by atoms with E-state index in [1.165, 1.54) is 11.9 Å². The van der Waals surface area contributed by atoms with Crippen molar-refractivity contribution in [3.63, 3.8) is 0 Å². The molecule has 0 atom stereocenters. The van der Waals surface area contributed by atoms with Gasteiger partial charge in [-0.15, -0.1) is 0 Å². The van der Waals surface area contributed by atoms with Crippen molar-refractivity contribution in [1.29, 1.82) is 0 Å². The molecule has 0 radical (unpaired) electrons. The summed E-state index contributed by atoms with van der Waals surface area (Å²) in [6.45, 7) is 0.144. The Morgan fingerprint density at radius 3 is 2.65 bits per heavy atom. The van der Waals surface area contributed by atoms with Gasteiger partial charge in [0, 0.05) is 13.6 Å². The summed E-state index contributed by atoms with van der Waals surface area (Å²) in [4.78, 5) is 23.3. The number of carboxylic acid groups (broad SMARTS) is 1. The van der Waals surface area contributed by atoms with Gasteiger partial charge in [-0.2, -0.15) is 0 Å². The smallest absolute Gasteiger partial charge is 0.321 e. The Bertz CT molecular complexity index is 423. The summed E-state index contributed by atoms with van der Waals surface area (Å²) >= 11 is 5.87. The molecule has 1 aromatic carbocycles. The van der Waals surface area contributed by atoms with Crippen LogP contribution in [0.15, 0.2) is 24.3 Å². The van der Waals surface area contributed by atoms with E-state index in [0.717, 1.165) is 0 Å². The van der Waals surface area contributed by atoms with Gasteiger partial charge in [-0.05, 0) is 12.1 Å². The number of hydrogen-bond donors (Lipinski definition) is 2. The lowest BCUT2D eigenvalue weighted by atomic mass is 10.3. The molecule has 0 aromatic heterocycles. The highest BCUT2D eigenvalue weighted by molar-refractivity contribution is 6.33. The number of anilines is 1. The third kappa shape index (κ3) is 4.32. The van der Waals surface area contributed by atoms with Crippen LogP contribution in [0.5, 0.6) is 0 Å². The molecule has 92 valence electrons. The molecule has 5 nitrogen and oxygen atoms in total. The summed E-state index contributed by atoms with van der Waals surface area (Å²) < 4.78 is 0. The van der Waals surface area contributed by atoms with E-state index >= 15 is 0 Å². The number of carbonyl (C=O) groups excluding carboxylic acids is 1. The summed E-state index contributed by atoms with van der Waals surface area (Å²) in [5, 5.41) is 11.5. The number of aliphatic carboxylic acids is 1. The highest BCUT2D eigenvalue weighted by Crippen LogP contribution is 2.20. The van der Waals surface area contributed by atoms with E-state index in [2.05, 4.69) is 5.32 Å². The fourth-order valence-electron chi connectivity index (χ4n) is 1.14. The van der Waals surface area contributed by atoms with E-state index in [0.29, 0.717) is 10.7 Å². The van der Waals surface area contributed by atoms with Gasteiger partial charge in [-0.3, -0.25) is 4.79 Å². The molecule has 0 bridgehead atoms. The standard InChI is InChI=1S/C11H13ClN2O3/c1-14(7-6-10(15)16)11(17)13-9-5-3-2-4-8(9)12/h2-5H,6-7H2,1H3,(H,13,17)(H,15,16). The van der Waals surface area contributed by atoms with Gasteiger partial charge >= 0.3 is 12.0 Å². The number of urea groups is 1. The average molecular weight is 257 g/mol. The minimum Gasteiger partial charge on any atom is -0.481 e. The summed E-state index contributed by atoms with van der Waals surface area (Å²) in [5.74, 6) is -0.942. The van der Waals surface area contributed by atoms with Crippen LogP contribution in [0.3, 0.4) is 0 Å². The quantitative estimate of drug-likeness (QED) is 0.868. The van der Waals surface area contributed by atoms with Crippen LogP contribution in [-0.4, -0.2) is 35.6 Å². The number of rotatable bonds is 4. The summed E-state index contributed by atoms with van der Waals surface area (Å²) in [6.07, 6.45) is -0.0908. The lowest BCUT2D eigenvalue weighted by Gasteiger charge is -2.17. The molecule has 0 unspecified atom stereocenters. The van der Waals surface area contributed by atoms with Crippen molar-refractivity contribution in [1.82, 2.24) is 4.90 Å². The number of nitrogens with zero attached hydrogens (tertiary/aromatic N) is 1. The van der Waals surface area contributed by atoms with Crippen LogP contribution in [-0.2, 0) is 4.79 Å². The number of nitrogens with one attached hydrogen (secondary N) is 1. The third-order valence-electron chi connectivity index (χ3n) is 2.12. The Balaban J connectivity index is 2.54. The normalized spacial score (nSPS) is 9.76. The van der Waals surface area contributed by atoms with Gasteiger partial charge < -0.3 is 15.3 Å². The molecule has 0 fully saturated rings. The number of amides is 2. The number of benzene rings is 1. The minimum atomic E-state index is -0.942. The molecule has 1 aromatic rings. The molecule has 0 saturated heterocycles. The Morgan fingerprint density at radius 2 is 2.06 bits per heavy atom. The van der Waals surface area contributed by atoms with Crippen LogP contribution in [0.1, 0.15) is 6.42 Å². The lowest BCUT2D eigenvalue weighted by molar-refractivity contribution is -0.137. The Kier molecular flexibility index (Phi) is 4.78. The van der Waals surface area contributed by atoms with E-state index < -0.39 is 5.97 Å². The van der Waals surface area contributed by atoms with Gasteiger partial charge in [0.15, 0.2) is 0 Å². The fraction of sp³-hybridized carbons (Fsp3) is 0.273. The maximum atomic E-state index is 11.6. The predicted octanol–water partition coefficient (Wildman–Crippen LogP) is 2.28. The second-order valence-electron chi connectivity index (χ2n) is 3.48. The van der Waals surface area contributed by atoms with E-state index in [1.54, 1.807) is 24.3 Å².